The zero-order chi connectivity index (χ0) is 14.9. The van der Waals surface area contributed by atoms with Crippen molar-refractivity contribution in [2.24, 2.45) is 5.84 Å². The van der Waals surface area contributed by atoms with Gasteiger partial charge in [-0.2, -0.15) is 4.31 Å². The minimum Gasteiger partial charge on any atom is -0.392 e. The minimum atomic E-state index is -3.89. The van der Waals surface area contributed by atoms with E-state index in [2.05, 4.69) is 0 Å². The summed E-state index contributed by atoms with van der Waals surface area (Å²) < 4.78 is 25.9. The molecule has 2 atom stereocenters. The second-order valence-electron chi connectivity index (χ2n) is 4.44. The first-order valence-corrected chi connectivity index (χ1v) is 7.64. The van der Waals surface area contributed by atoms with Crippen molar-refractivity contribution in [2.75, 3.05) is 6.54 Å². The van der Waals surface area contributed by atoms with Crippen molar-refractivity contribution >= 4 is 27.5 Å². The molecule has 1 aromatic carbocycles. The highest BCUT2D eigenvalue weighted by Gasteiger charge is 2.43. The maximum absolute atomic E-state index is 12.5. The molecule has 1 saturated heterocycles. The van der Waals surface area contributed by atoms with E-state index in [1.807, 2.05) is 5.43 Å². The summed E-state index contributed by atoms with van der Waals surface area (Å²) >= 11 is 5.72. The van der Waals surface area contributed by atoms with Gasteiger partial charge in [-0.3, -0.25) is 10.2 Å². The predicted molar refractivity (Wildman–Crippen MR) is 72.1 cm³/mol. The number of aliphatic hydroxyl groups is 1. The van der Waals surface area contributed by atoms with E-state index < -0.39 is 28.1 Å². The lowest BCUT2D eigenvalue weighted by Gasteiger charge is -2.22. The van der Waals surface area contributed by atoms with Gasteiger partial charge in [0.2, 0.25) is 10.0 Å². The van der Waals surface area contributed by atoms with E-state index in [-0.39, 0.29) is 17.9 Å². The average molecular weight is 320 g/mol. The first-order valence-electron chi connectivity index (χ1n) is 5.82. The Morgan fingerprint density at radius 1 is 1.40 bits per heavy atom. The normalized spacial score (nSPS) is 23.8. The molecule has 0 radical (unpaired) electrons. The second kappa shape index (κ2) is 5.66. The molecular formula is C11H14ClN3O4S. The Balaban J connectivity index is 2.37. The molecule has 9 heteroatoms. The summed E-state index contributed by atoms with van der Waals surface area (Å²) in [6.07, 6.45) is -0.894. The number of carbonyl (C=O) groups excluding carboxylic acids is 1. The number of sulfonamides is 1. The third-order valence-electron chi connectivity index (χ3n) is 3.10. The number of amides is 1. The summed E-state index contributed by atoms with van der Waals surface area (Å²) in [7, 11) is -3.89. The third kappa shape index (κ3) is 2.79. The number of hydrazine groups is 1. The van der Waals surface area contributed by atoms with Crippen molar-refractivity contribution in [2.45, 2.75) is 23.5 Å². The maximum atomic E-state index is 12.5. The topological polar surface area (TPSA) is 113 Å². The summed E-state index contributed by atoms with van der Waals surface area (Å²) in [6.45, 7) is -0.150. The summed E-state index contributed by atoms with van der Waals surface area (Å²) in [6, 6.07) is 4.56. The lowest BCUT2D eigenvalue weighted by atomic mass is 10.2. The van der Waals surface area contributed by atoms with E-state index in [0.29, 0.717) is 5.02 Å². The van der Waals surface area contributed by atoms with Gasteiger partial charge in [0.05, 0.1) is 11.0 Å². The zero-order valence-electron chi connectivity index (χ0n) is 10.4. The van der Waals surface area contributed by atoms with Crippen LogP contribution in [0, 0.1) is 0 Å². The number of aliphatic hydroxyl groups excluding tert-OH is 1. The number of carbonyl (C=O) groups is 1. The van der Waals surface area contributed by atoms with Crippen molar-refractivity contribution in [1.82, 2.24) is 9.73 Å². The number of hydrogen-bond acceptors (Lipinski definition) is 5. The molecule has 0 aliphatic carbocycles. The standard InChI is InChI=1S/C11H14ClN3O4S/c12-7-1-3-9(4-2-7)20(18,19)15-6-8(16)5-10(15)11(17)14-13/h1-4,8,10,16H,5-6,13H2,(H,14,17)/t8-,10-/m0/s1. The van der Waals surface area contributed by atoms with Gasteiger partial charge in [0.25, 0.3) is 5.91 Å². The predicted octanol–water partition coefficient (Wildman–Crippen LogP) is -0.546. The second-order valence-corrected chi connectivity index (χ2v) is 6.77. The Kier molecular flexibility index (Phi) is 4.31. The van der Waals surface area contributed by atoms with Crippen LogP contribution in [0.5, 0.6) is 0 Å². The molecule has 1 heterocycles. The first kappa shape index (κ1) is 15.2. The Labute approximate surface area is 121 Å². The van der Waals surface area contributed by atoms with Gasteiger partial charge in [-0.05, 0) is 24.3 Å². The number of benzene rings is 1. The average Bonchev–Trinajstić information content (AvgIpc) is 2.81. The summed E-state index contributed by atoms with van der Waals surface area (Å²) in [5, 5.41) is 10.0. The van der Waals surface area contributed by atoms with Gasteiger partial charge in [0.1, 0.15) is 6.04 Å². The number of rotatable bonds is 3. The van der Waals surface area contributed by atoms with Crippen molar-refractivity contribution in [3.63, 3.8) is 0 Å². The molecule has 0 saturated carbocycles. The fraction of sp³-hybridized carbons (Fsp3) is 0.364. The van der Waals surface area contributed by atoms with Gasteiger partial charge < -0.3 is 5.11 Å². The molecule has 1 amide bonds. The number of nitrogens with zero attached hydrogens (tertiary/aromatic N) is 1. The number of β-amino-alcohol motifs (C(OH)–C–C–N with tert-alkyl or cyclic N) is 1. The summed E-state index contributed by atoms with van der Waals surface area (Å²) in [5.41, 5.74) is 1.91. The van der Waals surface area contributed by atoms with E-state index in [1.165, 1.54) is 24.3 Å². The lowest BCUT2D eigenvalue weighted by molar-refractivity contribution is -0.124. The van der Waals surface area contributed by atoms with Crippen LogP contribution >= 0.6 is 11.6 Å². The van der Waals surface area contributed by atoms with Gasteiger partial charge in [-0.25, -0.2) is 14.3 Å². The van der Waals surface area contributed by atoms with E-state index in [0.717, 1.165) is 4.31 Å². The van der Waals surface area contributed by atoms with Gasteiger partial charge in [0.15, 0.2) is 0 Å². The van der Waals surface area contributed by atoms with E-state index in [9.17, 15) is 18.3 Å². The van der Waals surface area contributed by atoms with Crippen molar-refractivity contribution in [3.8, 4) is 0 Å². The number of nitrogens with one attached hydrogen (secondary N) is 1. The molecule has 0 aromatic heterocycles. The van der Waals surface area contributed by atoms with Crippen LogP contribution in [0.3, 0.4) is 0 Å². The van der Waals surface area contributed by atoms with E-state index in [4.69, 9.17) is 17.4 Å². The van der Waals surface area contributed by atoms with Gasteiger partial charge in [-0.1, -0.05) is 11.6 Å². The summed E-state index contributed by atoms with van der Waals surface area (Å²) in [4.78, 5) is 11.6. The Bertz CT molecular complexity index is 605. The SMILES string of the molecule is NNC(=O)[C@@H]1C[C@H](O)CN1S(=O)(=O)c1ccc(Cl)cc1. The molecule has 4 N–H and O–H groups in total. The monoisotopic (exact) mass is 319 g/mol. The van der Waals surface area contributed by atoms with Crippen LogP contribution in [0.4, 0.5) is 0 Å². The molecule has 1 aromatic rings. The van der Waals surface area contributed by atoms with Crippen LogP contribution in [-0.4, -0.2) is 42.4 Å². The quantitative estimate of drug-likeness (QED) is 0.393. The highest BCUT2D eigenvalue weighted by atomic mass is 35.5. The Hall–Kier alpha value is -1.19. The Morgan fingerprint density at radius 3 is 2.55 bits per heavy atom. The number of halogens is 1. The zero-order valence-corrected chi connectivity index (χ0v) is 11.9. The maximum Gasteiger partial charge on any atom is 0.252 e. The fourth-order valence-corrected chi connectivity index (χ4v) is 3.89. The minimum absolute atomic E-state index is 0.00539. The largest absolute Gasteiger partial charge is 0.392 e. The highest BCUT2D eigenvalue weighted by Crippen LogP contribution is 2.27. The van der Waals surface area contributed by atoms with Crippen LogP contribution < -0.4 is 11.3 Å². The smallest absolute Gasteiger partial charge is 0.252 e. The lowest BCUT2D eigenvalue weighted by Crippen LogP contribution is -2.47. The van der Waals surface area contributed by atoms with Gasteiger partial charge in [-0.15, -0.1) is 0 Å². The van der Waals surface area contributed by atoms with Crippen LogP contribution in [0.1, 0.15) is 6.42 Å². The molecule has 7 nitrogen and oxygen atoms in total. The molecule has 0 unspecified atom stereocenters. The Morgan fingerprint density at radius 2 is 2.00 bits per heavy atom. The van der Waals surface area contributed by atoms with E-state index >= 15 is 0 Å². The van der Waals surface area contributed by atoms with Crippen LogP contribution in [0.2, 0.25) is 5.02 Å². The van der Waals surface area contributed by atoms with Crippen molar-refractivity contribution in [1.29, 1.82) is 0 Å². The molecular weight excluding hydrogens is 306 g/mol. The molecule has 20 heavy (non-hydrogen) atoms. The third-order valence-corrected chi connectivity index (χ3v) is 5.24. The van der Waals surface area contributed by atoms with Crippen LogP contribution in [0.15, 0.2) is 29.2 Å². The molecule has 1 aliphatic heterocycles. The molecule has 0 spiro atoms. The molecule has 1 aliphatic rings. The fourth-order valence-electron chi connectivity index (χ4n) is 2.13. The van der Waals surface area contributed by atoms with Crippen LogP contribution in [-0.2, 0) is 14.8 Å². The molecule has 110 valence electrons. The number of hydrogen-bond donors (Lipinski definition) is 3. The van der Waals surface area contributed by atoms with E-state index in [1.54, 1.807) is 0 Å². The van der Waals surface area contributed by atoms with Gasteiger partial charge in [0, 0.05) is 18.0 Å². The van der Waals surface area contributed by atoms with Crippen LogP contribution in [0.25, 0.3) is 0 Å². The molecule has 1 fully saturated rings. The first-order chi connectivity index (χ1) is 9.36. The summed E-state index contributed by atoms with van der Waals surface area (Å²) in [5.74, 6) is 4.39. The van der Waals surface area contributed by atoms with Crippen molar-refractivity contribution in [3.05, 3.63) is 29.3 Å². The van der Waals surface area contributed by atoms with Gasteiger partial charge >= 0.3 is 0 Å². The molecule has 0 bridgehead atoms. The molecule has 2 rings (SSSR count). The highest BCUT2D eigenvalue weighted by molar-refractivity contribution is 7.89. The van der Waals surface area contributed by atoms with Crippen molar-refractivity contribution < 1.29 is 18.3 Å². The number of nitrogens with two attached hydrogens (primary N) is 1.